The lowest BCUT2D eigenvalue weighted by Crippen LogP contribution is -2.29. The minimum atomic E-state index is -3.53. The third-order valence-electron chi connectivity index (χ3n) is 3.81. The van der Waals surface area contributed by atoms with Crippen LogP contribution in [0.4, 0.5) is 5.69 Å². The zero-order valence-corrected chi connectivity index (χ0v) is 13.3. The predicted octanol–water partition coefficient (Wildman–Crippen LogP) is 2.07. The van der Waals surface area contributed by atoms with E-state index in [9.17, 15) is 8.42 Å². The summed E-state index contributed by atoms with van der Waals surface area (Å²) < 4.78 is 32.9. The molecule has 0 unspecified atom stereocenters. The monoisotopic (exact) mass is 312 g/mol. The molecule has 0 bridgehead atoms. The second kappa shape index (κ2) is 7.24. The van der Waals surface area contributed by atoms with Crippen LogP contribution >= 0.6 is 0 Å². The van der Waals surface area contributed by atoms with Crippen molar-refractivity contribution in [2.24, 2.45) is 0 Å². The summed E-state index contributed by atoms with van der Waals surface area (Å²) in [4.78, 5) is 0.269. The minimum absolute atomic E-state index is 0.269. The van der Waals surface area contributed by atoms with Crippen molar-refractivity contribution in [3.63, 3.8) is 0 Å². The molecule has 118 valence electrons. The number of sulfonamides is 1. The zero-order valence-electron chi connectivity index (χ0n) is 12.5. The van der Waals surface area contributed by atoms with Crippen LogP contribution in [0.3, 0.4) is 0 Å². The van der Waals surface area contributed by atoms with E-state index in [0.717, 1.165) is 18.4 Å². The van der Waals surface area contributed by atoms with Crippen molar-refractivity contribution in [3.8, 4) is 0 Å². The number of nitrogens with two attached hydrogens (primary N) is 1. The van der Waals surface area contributed by atoms with Gasteiger partial charge in [0.1, 0.15) is 0 Å². The third-order valence-corrected chi connectivity index (χ3v) is 5.35. The molecular formula is C15H24N2O3S. The maximum absolute atomic E-state index is 12.3. The molecule has 3 N–H and O–H groups in total. The number of anilines is 1. The highest BCUT2D eigenvalue weighted by Crippen LogP contribution is 2.21. The lowest BCUT2D eigenvalue weighted by molar-refractivity contribution is 0.0626. The molecule has 1 aromatic carbocycles. The average Bonchev–Trinajstić information content (AvgIpc) is 2.97. The highest BCUT2D eigenvalue weighted by atomic mass is 32.2. The molecule has 0 amide bonds. The fourth-order valence-electron chi connectivity index (χ4n) is 2.65. The molecule has 21 heavy (non-hydrogen) atoms. The summed E-state index contributed by atoms with van der Waals surface area (Å²) in [6.07, 6.45) is 5.53. The molecule has 0 aliphatic heterocycles. The molecule has 5 nitrogen and oxygen atoms in total. The van der Waals surface area contributed by atoms with Gasteiger partial charge in [0, 0.05) is 12.2 Å². The summed E-state index contributed by atoms with van der Waals surface area (Å²) in [5, 5.41) is 0. The van der Waals surface area contributed by atoms with Crippen LogP contribution < -0.4 is 10.5 Å². The van der Waals surface area contributed by atoms with E-state index < -0.39 is 10.0 Å². The Morgan fingerprint density at radius 1 is 1.33 bits per heavy atom. The van der Waals surface area contributed by atoms with Gasteiger partial charge in [0.05, 0.1) is 17.6 Å². The van der Waals surface area contributed by atoms with Gasteiger partial charge in [0.15, 0.2) is 0 Å². The van der Waals surface area contributed by atoms with Gasteiger partial charge in [0.25, 0.3) is 0 Å². The van der Waals surface area contributed by atoms with E-state index in [1.165, 1.54) is 18.9 Å². The van der Waals surface area contributed by atoms with Gasteiger partial charge in [-0.2, -0.15) is 0 Å². The van der Waals surface area contributed by atoms with Crippen molar-refractivity contribution >= 4 is 15.7 Å². The Morgan fingerprint density at radius 2 is 2.05 bits per heavy atom. The number of nitrogen functional groups attached to an aromatic ring is 1. The topological polar surface area (TPSA) is 81.4 Å². The van der Waals surface area contributed by atoms with Crippen LogP contribution in [-0.4, -0.2) is 27.7 Å². The summed E-state index contributed by atoms with van der Waals surface area (Å²) in [6.45, 7) is 2.62. The molecule has 1 fully saturated rings. The van der Waals surface area contributed by atoms with Gasteiger partial charge in [0.2, 0.25) is 10.0 Å². The Morgan fingerprint density at radius 3 is 2.71 bits per heavy atom. The van der Waals surface area contributed by atoms with Crippen molar-refractivity contribution < 1.29 is 13.2 Å². The van der Waals surface area contributed by atoms with E-state index in [1.54, 1.807) is 12.1 Å². The molecule has 2 rings (SSSR count). The Kier molecular flexibility index (Phi) is 5.61. The molecule has 0 atom stereocenters. The number of rotatable bonds is 7. The van der Waals surface area contributed by atoms with E-state index in [2.05, 4.69) is 4.72 Å². The van der Waals surface area contributed by atoms with Gasteiger partial charge in [-0.05, 0) is 37.0 Å². The first-order valence-corrected chi connectivity index (χ1v) is 9.01. The minimum Gasteiger partial charge on any atom is -0.399 e. The Hall–Kier alpha value is -1.11. The number of benzene rings is 1. The first-order chi connectivity index (χ1) is 10.0. The summed E-state index contributed by atoms with van der Waals surface area (Å²) in [7, 11) is -3.53. The smallest absolute Gasteiger partial charge is 0.240 e. The standard InChI is InChI=1S/C15H24N2O3S/c1-2-12-7-8-13(16)11-15(12)21(18,19)17-9-10-20-14-5-3-4-6-14/h7-8,11,14,17H,2-6,9-10,16H2,1H3. The van der Waals surface area contributed by atoms with E-state index >= 15 is 0 Å². The second-order valence-corrected chi connectivity index (χ2v) is 7.13. The summed E-state index contributed by atoms with van der Waals surface area (Å²) in [5.74, 6) is 0. The molecule has 1 aliphatic carbocycles. The molecule has 1 aliphatic rings. The van der Waals surface area contributed by atoms with E-state index in [0.29, 0.717) is 24.8 Å². The molecule has 0 spiro atoms. The Bertz CT molecular complexity index is 566. The molecule has 0 heterocycles. The maximum Gasteiger partial charge on any atom is 0.240 e. The molecule has 0 radical (unpaired) electrons. The molecule has 0 aromatic heterocycles. The first-order valence-electron chi connectivity index (χ1n) is 7.52. The van der Waals surface area contributed by atoms with Crippen LogP contribution in [0, 0.1) is 0 Å². The van der Waals surface area contributed by atoms with Crippen LogP contribution in [-0.2, 0) is 21.2 Å². The average molecular weight is 312 g/mol. The number of hydrogen-bond acceptors (Lipinski definition) is 4. The largest absolute Gasteiger partial charge is 0.399 e. The van der Waals surface area contributed by atoms with Crippen molar-refractivity contribution in [1.29, 1.82) is 0 Å². The predicted molar refractivity (Wildman–Crippen MR) is 83.6 cm³/mol. The maximum atomic E-state index is 12.3. The van der Waals surface area contributed by atoms with Crippen molar-refractivity contribution in [1.82, 2.24) is 4.72 Å². The summed E-state index contributed by atoms with van der Waals surface area (Å²) in [6, 6.07) is 5.00. The van der Waals surface area contributed by atoms with Crippen LogP contribution in [0.5, 0.6) is 0 Å². The van der Waals surface area contributed by atoms with Gasteiger partial charge in [-0.15, -0.1) is 0 Å². The fraction of sp³-hybridized carbons (Fsp3) is 0.600. The van der Waals surface area contributed by atoms with Gasteiger partial charge in [-0.3, -0.25) is 0 Å². The van der Waals surface area contributed by atoms with Crippen molar-refractivity contribution in [2.75, 3.05) is 18.9 Å². The van der Waals surface area contributed by atoms with Crippen LogP contribution in [0.15, 0.2) is 23.1 Å². The quantitative estimate of drug-likeness (QED) is 0.596. The van der Waals surface area contributed by atoms with Gasteiger partial charge >= 0.3 is 0 Å². The molecule has 1 saturated carbocycles. The van der Waals surface area contributed by atoms with Gasteiger partial charge < -0.3 is 10.5 Å². The highest BCUT2D eigenvalue weighted by Gasteiger charge is 2.19. The molecule has 6 heteroatoms. The number of ether oxygens (including phenoxy) is 1. The zero-order chi connectivity index (χ0) is 15.3. The second-order valence-electron chi connectivity index (χ2n) is 5.40. The number of nitrogens with one attached hydrogen (secondary N) is 1. The Labute approximate surface area is 126 Å². The van der Waals surface area contributed by atoms with E-state index in [4.69, 9.17) is 10.5 Å². The summed E-state index contributed by atoms with van der Waals surface area (Å²) >= 11 is 0. The number of aryl methyl sites for hydroxylation is 1. The SMILES string of the molecule is CCc1ccc(N)cc1S(=O)(=O)NCCOC1CCCC1. The van der Waals surface area contributed by atoms with E-state index in [1.807, 2.05) is 6.92 Å². The van der Waals surface area contributed by atoms with Crippen LogP contribution in [0.1, 0.15) is 38.2 Å². The summed E-state index contributed by atoms with van der Waals surface area (Å²) in [5.41, 5.74) is 6.92. The Balaban J connectivity index is 1.93. The van der Waals surface area contributed by atoms with Crippen molar-refractivity contribution in [3.05, 3.63) is 23.8 Å². The number of hydrogen-bond donors (Lipinski definition) is 2. The first kappa shape index (κ1) is 16.3. The molecule has 0 saturated heterocycles. The van der Waals surface area contributed by atoms with Crippen LogP contribution in [0.25, 0.3) is 0 Å². The van der Waals surface area contributed by atoms with Gasteiger partial charge in [-0.1, -0.05) is 25.8 Å². The highest BCUT2D eigenvalue weighted by molar-refractivity contribution is 7.89. The van der Waals surface area contributed by atoms with Crippen molar-refractivity contribution in [2.45, 2.75) is 50.0 Å². The normalized spacial score (nSPS) is 16.4. The van der Waals surface area contributed by atoms with Crippen LogP contribution in [0.2, 0.25) is 0 Å². The molecular weight excluding hydrogens is 288 g/mol. The molecule has 1 aromatic rings. The lowest BCUT2D eigenvalue weighted by atomic mass is 10.1. The van der Waals surface area contributed by atoms with Gasteiger partial charge in [-0.25, -0.2) is 13.1 Å². The lowest BCUT2D eigenvalue weighted by Gasteiger charge is -2.13. The fourth-order valence-corrected chi connectivity index (χ4v) is 4.00. The third kappa shape index (κ3) is 4.43. The van der Waals surface area contributed by atoms with E-state index in [-0.39, 0.29) is 11.4 Å².